The zero-order valence-electron chi connectivity index (χ0n) is 30.2. The Labute approximate surface area is 327 Å². The van der Waals surface area contributed by atoms with Gasteiger partial charge < -0.3 is 4.57 Å². The molecule has 0 N–H and O–H groups in total. The van der Waals surface area contributed by atoms with Crippen molar-refractivity contribution in [3.05, 3.63) is 194 Å². The van der Waals surface area contributed by atoms with Crippen LogP contribution in [-0.4, -0.2) is 19.5 Å². The van der Waals surface area contributed by atoms with Crippen LogP contribution in [0.3, 0.4) is 0 Å². The first-order valence-corrected chi connectivity index (χ1v) is 19.6. The molecule has 0 fully saturated rings. The van der Waals surface area contributed by atoms with E-state index in [2.05, 4.69) is 162 Å². The highest BCUT2D eigenvalue weighted by atomic mass is 32.1. The van der Waals surface area contributed by atoms with E-state index in [0.717, 1.165) is 39.0 Å². The zero-order chi connectivity index (χ0) is 37.0. The van der Waals surface area contributed by atoms with E-state index >= 15 is 0 Å². The lowest BCUT2D eigenvalue weighted by Crippen LogP contribution is -2.04. The van der Waals surface area contributed by atoms with Crippen molar-refractivity contribution in [3.8, 4) is 62.1 Å². The largest absolute Gasteiger partial charge is 0.308 e. The maximum absolute atomic E-state index is 5.31. The third kappa shape index (κ3) is 5.32. The van der Waals surface area contributed by atoms with Crippen molar-refractivity contribution in [1.82, 2.24) is 19.5 Å². The Morgan fingerprint density at radius 3 is 1.61 bits per heavy atom. The van der Waals surface area contributed by atoms with E-state index in [4.69, 9.17) is 15.0 Å². The number of nitrogens with zero attached hydrogens (tertiary/aromatic N) is 4. The normalized spacial score (nSPS) is 11.6. The Hall–Kier alpha value is -7.21. The maximum atomic E-state index is 5.31. The molecule has 5 heteroatoms. The molecular weight excluding hydrogens is 701 g/mol. The molecule has 11 aromatic rings. The summed E-state index contributed by atoms with van der Waals surface area (Å²) < 4.78 is 4.98. The highest BCUT2D eigenvalue weighted by Gasteiger charge is 2.23. The smallest absolute Gasteiger partial charge is 0.166 e. The van der Waals surface area contributed by atoms with E-state index in [-0.39, 0.29) is 0 Å². The van der Waals surface area contributed by atoms with Crippen LogP contribution in [0.25, 0.3) is 104 Å². The zero-order valence-corrected chi connectivity index (χ0v) is 31.0. The van der Waals surface area contributed by atoms with E-state index in [1.54, 1.807) is 0 Å². The number of aromatic nitrogens is 4. The van der Waals surface area contributed by atoms with Crippen molar-refractivity contribution in [2.75, 3.05) is 0 Å². The summed E-state index contributed by atoms with van der Waals surface area (Å²) in [6.45, 7) is 0. The van der Waals surface area contributed by atoms with E-state index in [1.807, 2.05) is 47.7 Å². The van der Waals surface area contributed by atoms with E-state index in [1.165, 1.54) is 47.6 Å². The standard InChI is InChI=1S/C51H32N4S/c1-4-16-33(17-5-1)37-22-10-11-23-38(37)36-28-30-44(42(32-36)51-53-49(34-18-6-2-7-19-34)52-50(54-51)35-20-8-3-9-21-35)55-43-26-14-12-24-39(43)40-29-31-46-47(48(40)55)41-25-13-15-27-45(41)56-46/h1-32H. The number of hydrogen-bond acceptors (Lipinski definition) is 4. The average Bonchev–Trinajstić information content (AvgIpc) is 3.83. The van der Waals surface area contributed by atoms with Gasteiger partial charge in [0.2, 0.25) is 0 Å². The van der Waals surface area contributed by atoms with Crippen LogP contribution < -0.4 is 0 Å². The van der Waals surface area contributed by atoms with Gasteiger partial charge in [-0.1, -0.05) is 164 Å². The van der Waals surface area contributed by atoms with Crippen LogP contribution in [0.2, 0.25) is 0 Å². The Kier molecular flexibility index (Phi) is 7.64. The van der Waals surface area contributed by atoms with Gasteiger partial charge in [-0.15, -0.1) is 11.3 Å². The second kappa shape index (κ2) is 13.3. The summed E-state index contributed by atoms with van der Waals surface area (Å²) in [6, 6.07) is 68.5. The summed E-state index contributed by atoms with van der Waals surface area (Å²) in [4.78, 5) is 15.7. The number of fused-ring (bicyclic) bond motifs is 7. The molecule has 0 aliphatic carbocycles. The first kappa shape index (κ1) is 32.2. The minimum absolute atomic E-state index is 0.611. The number of para-hydroxylation sites is 1. The molecule has 4 nitrogen and oxygen atoms in total. The van der Waals surface area contributed by atoms with Crippen molar-refractivity contribution < 1.29 is 0 Å². The lowest BCUT2D eigenvalue weighted by Gasteiger charge is -2.18. The third-order valence-electron chi connectivity index (χ3n) is 10.7. The van der Waals surface area contributed by atoms with Crippen LogP contribution in [0.4, 0.5) is 0 Å². The summed E-state index contributed by atoms with van der Waals surface area (Å²) in [5.41, 5.74) is 10.7. The van der Waals surface area contributed by atoms with E-state index < -0.39 is 0 Å². The third-order valence-corrected chi connectivity index (χ3v) is 11.8. The monoisotopic (exact) mass is 732 g/mol. The lowest BCUT2D eigenvalue weighted by molar-refractivity contribution is 1.06. The quantitative estimate of drug-likeness (QED) is 0.171. The molecule has 0 aliphatic heterocycles. The second-order valence-electron chi connectivity index (χ2n) is 14.0. The van der Waals surface area contributed by atoms with Crippen LogP contribution >= 0.6 is 11.3 Å². The summed E-state index contributed by atoms with van der Waals surface area (Å²) in [5, 5.41) is 4.94. The topological polar surface area (TPSA) is 43.6 Å². The Balaban J connectivity index is 1.27. The Bertz CT molecular complexity index is 3180. The molecule has 0 unspecified atom stereocenters. The summed E-state index contributed by atoms with van der Waals surface area (Å²) in [5.74, 6) is 1.87. The van der Waals surface area contributed by atoms with Crippen LogP contribution in [0.15, 0.2) is 194 Å². The van der Waals surface area contributed by atoms with Gasteiger partial charge in [0, 0.05) is 47.6 Å². The molecule has 3 heterocycles. The van der Waals surface area contributed by atoms with Gasteiger partial charge in [-0.3, -0.25) is 0 Å². The SMILES string of the molecule is c1ccc(-c2nc(-c3ccccc3)nc(-c3cc(-c4ccccc4-c4ccccc4)ccc3-n3c4ccccc4c4ccc5sc6ccccc6c5c43)n2)cc1. The number of hydrogen-bond donors (Lipinski definition) is 0. The molecule has 0 spiro atoms. The van der Waals surface area contributed by atoms with E-state index in [9.17, 15) is 0 Å². The van der Waals surface area contributed by atoms with E-state index in [0.29, 0.717) is 17.5 Å². The molecule has 11 rings (SSSR count). The molecule has 262 valence electrons. The summed E-state index contributed by atoms with van der Waals surface area (Å²) in [6.07, 6.45) is 0. The first-order valence-electron chi connectivity index (χ1n) is 18.8. The molecule has 0 saturated heterocycles. The number of thiophene rings is 1. The van der Waals surface area contributed by atoms with Gasteiger partial charge >= 0.3 is 0 Å². The lowest BCUT2D eigenvalue weighted by atomic mass is 9.93. The average molecular weight is 733 g/mol. The molecule has 0 amide bonds. The fourth-order valence-electron chi connectivity index (χ4n) is 8.13. The van der Waals surface area contributed by atoms with Crippen molar-refractivity contribution in [2.45, 2.75) is 0 Å². The molecule has 0 bridgehead atoms. The number of rotatable bonds is 6. The fourth-order valence-corrected chi connectivity index (χ4v) is 9.23. The Morgan fingerprint density at radius 2 is 0.911 bits per heavy atom. The van der Waals surface area contributed by atoms with Crippen LogP contribution in [0.5, 0.6) is 0 Å². The molecule has 0 aliphatic rings. The molecule has 0 radical (unpaired) electrons. The molecule has 56 heavy (non-hydrogen) atoms. The minimum atomic E-state index is 0.611. The van der Waals surface area contributed by atoms with Crippen LogP contribution in [-0.2, 0) is 0 Å². The second-order valence-corrected chi connectivity index (χ2v) is 15.1. The predicted octanol–water partition coefficient (Wildman–Crippen LogP) is 13.7. The van der Waals surface area contributed by atoms with Crippen molar-refractivity contribution >= 4 is 53.3 Å². The Morgan fingerprint density at radius 1 is 0.357 bits per heavy atom. The van der Waals surface area contributed by atoms with Crippen molar-refractivity contribution in [3.63, 3.8) is 0 Å². The summed E-state index contributed by atoms with van der Waals surface area (Å²) in [7, 11) is 0. The first-order chi connectivity index (χ1) is 27.8. The van der Waals surface area contributed by atoms with Gasteiger partial charge in [0.15, 0.2) is 17.5 Å². The summed E-state index contributed by atoms with van der Waals surface area (Å²) >= 11 is 1.84. The molecular formula is C51H32N4S. The maximum Gasteiger partial charge on any atom is 0.166 e. The van der Waals surface area contributed by atoms with Gasteiger partial charge in [-0.2, -0.15) is 0 Å². The minimum Gasteiger partial charge on any atom is -0.308 e. The van der Waals surface area contributed by atoms with Crippen molar-refractivity contribution in [2.24, 2.45) is 0 Å². The molecule has 3 aromatic heterocycles. The number of benzene rings is 8. The van der Waals surface area contributed by atoms with Gasteiger partial charge in [-0.25, -0.2) is 15.0 Å². The van der Waals surface area contributed by atoms with Gasteiger partial charge in [-0.05, 0) is 52.6 Å². The predicted molar refractivity (Wildman–Crippen MR) is 234 cm³/mol. The van der Waals surface area contributed by atoms with Gasteiger partial charge in [0.1, 0.15) is 0 Å². The van der Waals surface area contributed by atoms with Crippen LogP contribution in [0, 0.1) is 0 Å². The van der Waals surface area contributed by atoms with Gasteiger partial charge in [0.25, 0.3) is 0 Å². The van der Waals surface area contributed by atoms with Gasteiger partial charge in [0.05, 0.1) is 16.7 Å². The highest BCUT2D eigenvalue weighted by Crippen LogP contribution is 2.45. The molecule has 0 atom stereocenters. The molecule has 0 saturated carbocycles. The van der Waals surface area contributed by atoms with Crippen molar-refractivity contribution in [1.29, 1.82) is 0 Å². The highest BCUT2D eigenvalue weighted by molar-refractivity contribution is 7.26. The van der Waals surface area contributed by atoms with Crippen LogP contribution in [0.1, 0.15) is 0 Å². The molecule has 8 aromatic carbocycles. The fraction of sp³-hybridized carbons (Fsp3) is 0.